The van der Waals surface area contributed by atoms with Crippen molar-refractivity contribution in [1.82, 2.24) is 9.97 Å². The van der Waals surface area contributed by atoms with Crippen LogP contribution in [0.2, 0.25) is 0 Å². The zero-order valence-electron chi connectivity index (χ0n) is 9.92. The smallest absolute Gasteiger partial charge is 0.353 e. The zero-order chi connectivity index (χ0) is 14.0. The number of rotatable bonds is 3. The Morgan fingerprint density at radius 3 is 2.84 bits per heavy atom. The third-order valence-corrected chi connectivity index (χ3v) is 2.49. The van der Waals surface area contributed by atoms with Crippen LogP contribution in [0.3, 0.4) is 0 Å². The Bertz CT molecular complexity index is 647. The first-order chi connectivity index (χ1) is 8.99. The van der Waals surface area contributed by atoms with Gasteiger partial charge in [-0.25, -0.2) is 14.4 Å². The number of benzene rings is 1. The number of halogens is 1. The predicted molar refractivity (Wildman–Crippen MR) is 67.5 cm³/mol. The minimum atomic E-state index is -0.688. The van der Waals surface area contributed by atoms with Gasteiger partial charge in [0.2, 0.25) is 11.6 Å². The first kappa shape index (κ1) is 12.7. The summed E-state index contributed by atoms with van der Waals surface area (Å²) in [7, 11) is 0. The molecule has 2 aromatic rings. The van der Waals surface area contributed by atoms with Gasteiger partial charge in [-0.1, -0.05) is 6.07 Å². The minimum absolute atomic E-state index is 0.0776. The number of aromatic nitrogens is 2. The van der Waals surface area contributed by atoms with Gasteiger partial charge in [0.05, 0.1) is 4.92 Å². The molecular formula is C11H10FN5O2. The summed E-state index contributed by atoms with van der Waals surface area (Å²) in [4.78, 5) is 17.5. The summed E-state index contributed by atoms with van der Waals surface area (Å²) in [5.41, 5.74) is 6.09. The van der Waals surface area contributed by atoms with Gasteiger partial charge in [0.1, 0.15) is 12.1 Å². The molecule has 1 aromatic carbocycles. The molecule has 98 valence electrons. The van der Waals surface area contributed by atoms with Gasteiger partial charge in [-0.3, -0.25) is 10.1 Å². The number of nitrogen functional groups attached to an aromatic ring is 1. The summed E-state index contributed by atoms with van der Waals surface area (Å²) >= 11 is 0. The number of nitrogens with zero attached hydrogens (tertiary/aromatic N) is 3. The van der Waals surface area contributed by atoms with Crippen LogP contribution in [0.4, 0.5) is 27.4 Å². The van der Waals surface area contributed by atoms with Crippen molar-refractivity contribution in [3.05, 3.63) is 46.0 Å². The fourth-order valence-electron chi connectivity index (χ4n) is 1.52. The largest absolute Gasteiger partial charge is 0.378 e. The highest BCUT2D eigenvalue weighted by Crippen LogP contribution is 2.30. The fourth-order valence-corrected chi connectivity index (χ4v) is 1.52. The molecule has 0 amide bonds. The normalized spacial score (nSPS) is 10.2. The summed E-state index contributed by atoms with van der Waals surface area (Å²) in [5.74, 6) is -0.791. The van der Waals surface area contributed by atoms with E-state index in [0.717, 1.165) is 6.33 Å². The molecule has 0 aliphatic carbocycles. The quantitative estimate of drug-likeness (QED) is 0.649. The SMILES string of the molecule is Cc1ccc(F)cc1Nc1ncnc(N)c1[N+](=O)[O-]. The molecule has 2 rings (SSSR count). The van der Waals surface area contributed by atoms with Crippen LogP contribution in [0.25, 0.3) is 0 Å². The molecule has 0 unspecified atom stereocenters. The maximum absolute atomic E-state index is 13.2. The second kappa shape index (κ2) is 4.84. The van der Waals surface area contributed by atoms with Gasteiger partial charge in [-0.2, -0.15) is 0 Å². The molecule has 3 N–H and O–H groups in total. The van der Waals surface area contributed by atoms with Gasteiger partial charge in [0.25, 0.3) is 0 Å². The van der Waals surface area contributed by atoms with E-state index in [1.807, 2.05) is 0 Å². The zero-order valence-corrected chi connectivity index (χ0v) is 9.92. The van der Waals surface area contributed by atoms with Crippen LogP contribution < -0.4 is 11.1 Å². The Balaban J connectivity index is 2.46. The maximum atomic E-state index is 13.2. The molecule has 0 saturated heterocycles. The molecule has 0 radical (unpaired) electrons. The highest BCUT2D eigenvalue weighted by molar-refractivity contribution is 5.73. The van der Waals surface area contributed by atoms with E-state index < -0.39 is 16.4 Å². The van der Waals surface area contributed by atoms with Crippen molar-refractivity contribution in [2.24, 2.45) is 0 Å². The van der Waals surface area contributed by atoms with Gasteiger partial charge in [0.15, 0.2) is 0 Å². The van der Waals surface area contributed by atoms with E-state index in [-0.39, 0.29) is 11.6 Å². The third-order valence-electron chi connectivity index (χ3n) is 2.49. The first-order valence-corrected chi connectivity index (χ1v) is 5.27. The highest BCUT2D eigenvalue weighted by atomic mass is 19.1. The van der Waals surface area contributed by atoms with Crippen LogP contribution in [-0.4, -0.2) is 14.9 Å². The van der Waals surface area contributed by atoms with Gasteiger partial charge < -0.3 is 11.1 Å². The van der Waals surface area contributed by atoms with Crippen LogP contribution in [0.1, 0.15) is 5.56 Å². The molecule has 8 heteroatoms. The predicted octanol–water partition coefficient (Wildman–Crippen LogP) is 2.16. The van der Waals surface area contributed by atoms with E-state index in [2.05, 4.69) is 15.3 Å². The molecule has 0 aliphatic rings. The van der Waals surface area contributed by atoms with Crippen molar-refractivity contribution in [3.8, 4) is 0 Å². The molecule has 0 saturated carbocycles. The Morgan fingerprint density at radius 1 is 1.42 bits per heavy atom. The van der Waals surface area contributed by atoms with Crippen molar-refractivity contribution >= 4 is 23.0 Å². The Kier molecular flexibility index (Phi) is 3.23. The van der Waals surface area contributed by atoms with E-state index in [1.165, 1.54) is 12.1 Å². The van der Waals surface area contributed by atoms with Crippen molar-refractivity contribution in [1.29, 1.82) is 0 Å². The molecule has 7 nitrogen and oxygen atoms in total. The van der Waals surface area contributed by atoms with Gasteiger partial charge in [-0.05, 0) is 24.6 Å². The molecule has 1 aromatic heterocycles. The van der Waals surface area contributed by atoms with Crippen LogP contribution in [0.15, 0.2) is 24.5 Å². The van der Waals surface area contributed by atoms with Gasteiger partial charge in [-0.15, -0.1) is 0 Å². The molecule has 0 atom stereocenters. The summed E-state index contributed by atoms with van der Waals surface area (Å²) in [5, 5.41) is 13.6. The summed E-state index contributed by atoms with van der Waals surface area (Å²) in [6, 6.07) is 4.06. The average Bonchev–Trinajstić information content (AvgIpc) is 2.33. The van der Waals surface area contributed by atoms with Gasteiger partial charge in [0, 0.05) is 5.69 Å². The number of nitrogens with one attached hydrogen (secondary N) is 1. The molecular weight excluding hydrogens is 253 g/mol. The van der Waals surface area contributed by atoms with E-state index in [0.29, 0.717) is 11.3 Å². The summed E-state index contributed by atoms with van der Waals surface area (Å²) in [6.45, 7) is 1.73. The third kappa shape index (κ3) is 2.57. The summed E-state index contributed by atoms with van der Waals surface area (Å²) < 4.78 is 13.2. The molecule has 0 aliphatic heterocycles. The highest BCUT2D eigenvalue weighted by Gasteiger charge is 2.21. The monoisotopic (exact) mass is 263 g/mol. The van der Waals surface area contributed by atoms with E-state index in [4.69, 9.17) is 5.73 Å². The van der Waals surface area contributed by atoms with E-state index in [9.17, 15) is 14.5 Å². The first-order valence-electron chi connectivity index (χ1n) is 5.27. The number of anilines is 3. The lowest BCUT2D eigenvalue weighted by atomic mass is 10.2. The number of nitro groups is 1. The maximum Gasteiger partial charge on any atom is 0.353 e. The van der Waals surface area contributed by atoms with Crippen molar-refractivity contribution in [2.75, 3.05) is 11.1 Å². The van der Waals surface area contributed by atoms with Crippen molar-refractivity contribution < 1.29 is 9.31 Å². The second-order valence-electron chi connectivity index (χ2n) is 3.80. The van der Waals surface area contributed by atoms with Crippen molar-refractivity contribution in [3.63, 3.8) is 0 Å². The summed E-state index contributed by atoms with van der Waals surface area (Å²) in [6.07, 6.45) is 1.10. The average molecular weight is 263 g/mol. The number of nitrogens with two attached hydrogens (primary N) is 1. The van der Waals surface area contributed by atoms with E-state index in [1.54, 1.807) is 13.0 Å². The number of hydrogen-bond acceptors (Lipinski definition) is 6. The van der Waals surface area contributed by atoms with Crippen LogP contribution in [-0.2, 0) is 0 Å². The lowest BCUT2D eigenvalue weighted by molar-refractivity contribution is -0.383. The molecule has 1 heterocycles. The number of aryl methyl sites for hydroxylation is 1. The lowest BCUT2D eigenvalue weighted by Gasteiger charge is -2.09. The van der Waals surface area contributed by atoms with Crippen LogP contribution in [0, 0.1) is 22.9 Å². The van der Waals surface area contributed by atoms with Crippen molar-refractivity contribution in [2.45, 2.75) is 6.92 Å². The Labute approximate surface area is 107 Å². The topological polar surface area (TPSA) is 107 Å². The Hall–Kier alpha value is -2.77. The number of hydrogen-bond donors (Lipinski definition) is 2. The minimum Gasteiger partial charge on any atom is -0.378 e. The Morgan fingerprint density at radius 2 is 2.16 bits per heavy atom. The fraction of sp³-hybridized carbons (Fsp3) is 0.0909. The van der Waals surface area contributed by atoms with Crippen LogP contribution >= 0.6 is 0 Å². The molecule has 0 fully saturated rings. The van der Waals surface area contributed by atoms with Crippen LogP contribution in [0.5, 0.6) is 0 Å². The lowest BCUT2D eigenvalue weighted by Crippen LogP contribution is -2.05. The molecule has 19 heavy (non-hydrogen) atoms. The van der Waals surface area contributed by atoms with E-state index >= 15 is 0 Å². The van der Waals surface area contributed by atoms with Gasteiger partial charge >= 0.3 is 5.69 Å². The standard InChI is InChI=1S/C11H10FN5O2/c1-6-2-3-7(12)4-8(6)16-11-9(17(18)19)10(13)14-5-15-11/h2-5H,1H3,(H3,13,14,15,16). The molecule has 0 spiro atoms. The molecule has 0 bridgehead atoms. The second-order valence-corrected chi connectivity index (χ2v) is 3.80.